The lowest BCUT2D eigenvalue weighted by atomic mass is 9.98. The van der Waals surface area contributed by atoms with Crippen molar-refractivity contribution in [3.8, 4) is 0 Å². The Hall–Kier alpha value is -1.33. The zero-order valence-electron chi connectivity index (χ0n) is 10.9. The normalized spacial score (nSPS) is 18.3. The van der Waals surface area contributed by atoms with E-state index in [-0.39, 0.29) is 17.3 Å². The summed E-state index contributed by atoms with van der Waals surface area (Å²) in [6.07, 6.45) is 0. The van der Waals surface area contributed by atoms with Gasteiger partial charge in [-0.2, -0.15) is 0 Å². The van der Waals surface area contributed by atoms with Gasteiger partial charge in [0.1, 0.15) is 11.6 Å². The van der Waals surface area contributed by atoms with Gasteiger partial charge in [0.2, 0.25) is 0 Å². The number of Topliss-reactive ketones (excluding diaryl/α,β-unsaturated/α-hetero) is 1. The summed E-state index contributed by atoms with van der Waals surface area (Å²) in [7, 11) is 0. The standard InChI is InChI=1S/C14H17F2NO2/c1-10(9-17-4-6-19-7-5-17)14(18)12-8-11(15)2-3-13(12)16/h2-3,8,10H,4-7,9H2,1H3. The van der Waals surface area contributed by atoms with Crippen LogP contribution in [0.2, 0.25) is 0 Å². The number of rotatable bonds is 4. The molecule has 19 heavy (non-hydrogen) atoms. The zero-order valence-corrected chi connectivity index (χ0v) is 10.9. The van der Waals surface area contributed by atoms with Crippen molar-refractivity contribution in [2.75, 3.05) is 32.8 Å². The molecule has 0 saturated carbocycles. The molecule has 0 bridgehead atoms. The van der Waals surface area contributed by atoms with Crippen molar-refractivity contribution in [1.82, 2.24) is 4.90 Å². The molecule has 1 aliphatic rings. The molecule has 1 heterocycles. The minimum Gasteiger partial charge on any atom is -0.379 e. The van der Waals surface area contributed by atoms with Gasteiger partial charge in [0, 0.05) is 25.6 Å². The van der Waals surface area contributed by atoms with E-state index in [1.165, 1.54) is 0 Å². The highest BCUT2D eigenvalue weighted by Gasteiger charge is 2.22. The molecule has 1 aromatic carbocycles. The molecular formula is C14H17F2NO2. The summed E-state index contributed by atoms with van der Waals surface area (Å²) in [5.41, 5.74) is -0.166. The highest BCUT2D eigenvalue weighted by atomic mass is 19.1. The van der Waals surface area contributed by atoms with Crippen LogP contribution >= 0.6 is 0 Å². The summed E-state index contributed by atoms with van der Waals surface area (Å²) in [6, 6.07) is 2.97. The van der Waals surface area contributed by atoms with Gasteiger partial charge in [-0.3, -0.25) is 9.69 Å². The van der Waals surface area contributed by atoms with Crippen LogP contribution in [0.1, 0.15) is 17.3 Å². The molecule has 1 aliphatic heterocycles. The molecule has 1 unspecified atom stereocenters. The number of ether oxygens (including phenoxy) is 1. The van der Waals surface area contributed by atoms with Gasteiger partial charge in [0.05, 0.1) is 18.8 Å². The number of carbonyl (C=O) groups excluding carboxylic acids is 1. The molecule has 1 atom stereocenters. The van der Waals surface area contributed by atoms with E-state index in [1.807, 2.05) is 0 Å². The van der Waals surface area contributed by atoms with Crippen LogP contribution in [-0.2, 0) is 4.74 Å². The fourth-order valence-corrected chi connectivity index (χ4v) is 2.21. The van der Waals surface area contributed by atoms with E-state index in [1.54, 1.807) is 6.92 Å². The first-order chi connectivity index (χ1) is 9.08. The molecule has 1 aromatic rings. The Morgan fingerprint density at radius 2 is 2.05 bits per heavy atom. The largest absolute Gasteiger partial charge is 0.379 e. The first-order valence-corrected chi connectivity index (χ1v) is 6.37. The number of carbonyl (C=O) groups is 1. The molecule has 2 rings (SSSR count). The van der Waals surface area contributed by atoms with Crippen LogP contribution in [0.5, 0.6) is 0 Å². The maximum absolute atomic E-state index is 13.5. The molecule has 0 N–H and O–H groups in total. The molecule has 0 aliphatic carbocycles. The first-order valence-electron chi connectivity index (χ1n) is 6.37. The van der Waals surface area contributed by atoms with Gasteiger partial charge in [-0.15, -0.1) is 0 Å². The Kier molecular flexibility index (Phi) is 4.61. The Labute approximate surface area is 111 Å². The van der Waals surface area contributed by atoms with Gasteiger partial charge in [-0.05, 0) is 18.2 Å². The minimum atomic E-state index is -0.666. The van der Waals surface area contributed by atoms with Crippen LogP contribution in [0.4, 0.5) is 8.78 Å². The second-order valence-corrected chi connectivity index (χ2v) is 4.80. The van der Waals surface area contributed by atoms with E-state index in [4.69, 9.17) is 4.74 Å². The smallest absolute Gasteiger partial charge is 0.169 e. The van der Waals surface area contributed by atoms with Crippen LogP contribution in [0, 0.1) is 17.6 Å². The molecular weight excluding hydrogens is 252 g/mol. The highest BCUT2D eigenvalue weighted by Crippen LogP contribution is 2.16. The van der Waals surface area contributed by atoms with Crippen molar-refractivity contribution in [2.24, 2.45) is 5.92 Å². The van der Waals surface area contributed by atoms with Crippen LogP contribution in [0.15, 0.2) is 18.2 Å². The highest BCUT2D eigenvalue weighted by molar-refractivity contribution is 5.98. The van der Waals surface area contributed by atoms with Crippen molar-refractivity contribution in [3.63, 3.8) is 0 Å². The second kappa shape index (κ2) is 6.21. The summed E-state index contributed by atoms with van der Waals surface area (Å²) < 4.78 is 31.8. The fraction of sp³-hybridized carbons (Fsp3) is 0.500. The molecule has 5 heteroatoms. The molecule has 0 amide bonds. The summed E-state index contributed by atoms with van der Waals surface area (Å²) in [5, 5.41) is 0. The maximum Gasteiger partial charge on any atom is 0.169 e. The lowest BCUT2D eigenvalue weighted by molar-refractivity contribution is 0.0312. The zero-order chi connectivity index (χ0) is 13.8. The number of hydrogen-bond acceptors (Lipinski definition) is 3. The summed E-state index contributed by atoms with van der Waals surface area (Å²) in [6.45, 7) is 5.11. The van der Waals surface area contributed by atoms with E-state index in [0.717, 1.165) is 31.3 Å². The number of morpholine rings is 1. The Balaban J connectivity index is 2.03. The minimum absolute atomic E-state index is 0.166. The third-order valence-corrected chi connectivity index (χ3v) is 3.28. The summed E-state index contributed by atoms with van der Waals surface area (Å²) in [5.74, 6) is -1.98. The van der Waals surface area contributed by atoms with Gasteiger partial charge in [-0.1, -0.05) is 6.92 Å². The van der Waals surface area contributed by atoms with E-state index in [9.17, 15) is 13.6 Å². The van der Waals surface area contributed by atoms with Gasteiger partial charge in [0.25, 0.3) is 0 Å². The monoisotopic (exact) mass is 269 g/mol. The van der Waals surface area contributed by atoms with Crippen molar-refractivity contribution >= 4 is 5.78 Å². The van der Waals surface area contributed by atoms with E-state index >= 15 is 0 Å². The lowest BCUT2D eigenvalue weighted by Crippen LogP contribution is -2.40. The third-order valence-electron chi connectivity index (χ3n) is 3.28. The van der Waals surface area contributed by atoms with Crippen LogP contribution in [0.25, 0.3) is 0 Å². The second-order valence-electron chi connectivity index (χ2n) is 4.80. The maximum atomic E-state index is 13.5. The predicted molar refractivity (Wildman–Crippen MR) is 67.1 cm³/mol. The van der Waals surface area contributed by atoms with Crippen LogP contribution < -0.4 is 0 Å². The molecule has 1 saturated heterocycles. The van der Waals surface area contributed by atoms with Crippen molar-refractivity contribution in [2.45, 2.75) is 6.92 Å². The molecule has 0 aromatic heterocycles. The van der Waals surface area contributed by atoms with E-state index in [0.29, 0.717) is 19.8 Å². The predicted octanol–water partition coefficient (Wildman–Crippen LogP) is 2.12. The average Bonchev–Trinajstić information content (AvgIpc) is 2.42. The number of ketones is 1. The van der Waals surface area contributed by atoms with Crippen molar-refractivity contribution in [3.05, 3.63) is 35.4 Å². The molecule has 0 radical (unpaired) electrons. The SMILES string of the molecule is CC(CN1CCOCC1)C(=O)c1cc(F)ccc1F. The molecule has 0 spiro atoms. The molecule has 1 fully saturated rings. The number of hydrogen-bond donors (Lipinski definition) is 0. The summed E-state index contributed by atoms with van der Waals surface area (Å²) in [4.78, 5) is 14.2. The molecule has 104 valence electrons. The Bertz CT molecular complexity index is 459. The lowest BCUT2D eigenvalue weighted by Gasteiger charge is -2.28. The van der Waals surface area contributed by atoms with Crippen molar-refractivity contribution < 1.29 is 18.3 Å². The number of halogens is 2. The average molecular weight is 269 g/mol. The van der Waals surface area contributed by atoms with Crippen LogP contribution in [0.3, 0.4) is 0 Å². The number of benzene rings is 1. The Morgan fingerprint density at radius 1 is 1.37 bits per heavy atom. The first kappa shape index (κ1) is 14.1. The third kappa shape index (κ3) is 3.58. The summed E-state index contributed by atoms with van der Waals surface area (Å²) >= 11 is 0. The van der Waals surface area contributed by atoms with Gasteiger partial charge in [-0.25, -0.2) is 8.78 Å². The topological polar surface area (TPSA) is 29.5 Å². The van der Waals surface area contributed by atoms with Crippen molar-refractivity contribution in [1.29, 1.82) is 0 Å². The van der Waals surface area contributed by atoms with E-state index < -0.39 is 11.6 Å². The Morgan fingerprint density at radius 3 is 2.74 bits per heavy atom. The number of nitrogens with zero attached hydrogens (tertiary/aromatic N) is 1. The quantitative estimate of drug-likeness (QED) is 0.784. The van der Waals surface area contributed by atoms with E-state index in [2.05, 4.69) is 4.90 Å². The van der Waals surface area contributed by atoms with Gasteiger partial charge >= 0.3 is 0 Å². The van der Waals surface area contributed by atoms with Gasteiger partial charge < -0.3 is 4.74 Å². The van der Waals surface area contributed by atoms with Gasteiger partial charge in [0.15, 0.2) is 5.78 Å². The fourth-order valence-electron chi connectivity index (χ4n) is 2.21. The molecule has 3 nitrogen and oxygen atoms in total. The van der Waals surface area contributed by atoms with Crippen LogP contribution in [-0.4, -0.2) is 43.5 Å².